The van der Waals surface area contributed by atoms with E-state index in [9.17, 15) is 22.0 Å². The first-order valence-corrected chi connectivity index (χ1v) is 4.44. The van der Waals surface area contributed by atoms with Crippen LogP contribution in [0.4, 0.5) is 22.0 Å². The van der Waals surface area contributed by atoms with E-state index < -0.39 is 41.1 Å². The minimum Gasteiger partial charge on any atom is -0.506 e. The Bertz CT molecular complexity index is 393. The third-order valence-electron chi connectivity index (χ3n) is 1.82. The molecule has 1 heterocycles. The highest BCUT2D eigenvalue weighted by molar-refractivity contribution is 6.17. The number of pyridine rings is 1. The van der Waals surface area contributed by atoms with Crippen LogP contribution in [0.25, 0.3) is 0 Å². The van der Waals surface area contributed by atoms with E-state index in [0.717, 1.165) is 0 Å². The van der Waals surface area contributed by atoms with Gasteiger partial charge in [-0.25, -0.2) is 8.78 Å². The molecule has 1 aromatic rings. The van der Waals surface area contributed by atoms with Crippen LogP contribution in [0.5, 0.6) is 5.75 Å². The lowest BCUT2D eigenvalue weighted by Gasteiger charge is -2.15. The van der Waals surface area contributed by atoms with Crippen molar-refractivity contribution in [2.75, 3.05) is 0 Å². The molecule has 0 atom stereocenters. The van der Waals surface area contributed by atoms with Crippen LogP contribution in [0.2, 0.25) is 0 Å². The minimum atomic E-state index is -5.04. The Hall–Kier alpha value is -1.11. The molecule has 0 spiro atoms. The molecule has 1 N–H and O–H groups in total. The second-order valence-electron chi connectivity index (χ2n) is 2.81. The molecule has 2 nitrogen and oxygen atoms in total. The van der Waals surface area contributed by atoms with E-state index in [1.165, 1.54) is 0 Å². The van der Waals surface area contributed by atoms with E-state index in [4.69, 9.17) is 16.7 Å². The minimum absolute atomic E-state index is 0.522. The average molecular weight is 262 g/mol. The molecule has 0 fully saturated rings. The maximum absolute atomic E-state index is 12.5. The lowest BCUT2D eigenvalue weighted by atomic mass is 10.1. The van der Waals surface area contributed by atoms with Gasteiger partial charge in [-0.1, -0.05) is 0 Å². The molecule has 0 saturated heterocycles. The second-order valence-corrected chi connectivity index (χ2v) is 3.08. The first kappa shape index (κ1) is 13.0. The number of alkyl halides is 6. The van der Waals surface area contributed by atoms with E-state index in [2.05, 4.69) is 4.98 Å². The molecular formula is C8H5ClF5NO. The maximum Gasteiger partial charge on any atom is 0.418 e. The summed E-state index contributed by atoms with van der Waals surface area (Å²) in [6.45, 7) is 0. The summed E-state index contributed by atoms with van der Waals surface area (Å²) in [6, 6.07) is 0. The lowest BCUT2D eigenvalue weighted by Crippen LogP contribution is -2.14. The van der Waals surface area contributed by atoms with Gasteiger partial charge >= 0.3 is 6.18 Å². The van der Waals surface area contributed by atoms with E-state index in [1.54, 1.807) is 0 Å². The SMILES string of the molecule is Oc1cnc(C(F)F)c(C(F)(F)F)c1CCl. The number of rotatable bonds is 2. The van der Waals surface area contributed by atoms with Crippen molar-refractivity contribution >= 4 is 11.6 Å². The van der Waals surface area contributed by atoms with Crippen LogP contribution >= 0.6 is 11.6 Å². The molecule has 1 aromatic heterocycles. The molecule has 16 heavy (non-hydrogen) atoms. The second kappa shape index (κ2) is 4.40. The van der Waals surface area contributed by atoms with Crippen LogP contribution in [-0.2, 0) is 12.1 Å². The van der Waals surface area contributed by atoms with Crippen molar-refractivity contribution in [2.45, 2.75) is 18.5 Å². The normalized spacial score (nSPS) is 12.2. The zero-order valence-corrected chi connectivity index (χ0v) is 8.28. The molecule has 0 saturated carbocycles. The monoisotopic (exact) mass is 261 g/mol. The summed E-state index contributed by atoms with van der Waals surface area (Å²) in [5.41, 5.74) is -3.89. The zero-order valence-electron chi connectivity index (χ0n) is 7.52. The first-order valence-electron chi connectivity index (χ1n) is 3.91. The summed E-state index contributed by atoms with van der Waals surface area (Å²) in [5, 5.41) is 9.07. The van der Waals surface area contributed by atoms with Crippen molar-refractivity contribution in [3.8, 4) is 5.75 Å². The number of nitrogens with zero attached hydrogens (tertiary/aromatic N) is 1. The number of hydrogen-bond donors (Lipinski definition) is 1. The molecule has 8 heteroatoms. The molecule has 0 aliphatic carbocycles. The van der Waals surface area contributed by atoms with Crippen molar-refractivity contribution in [1.29, 1.82) is 0 Å². The van der Waals surface area contributed by atoms with Crippen LogP contribution in [0.15, 0.2) is 6.20 Å². The van der Waals surface area contributed by atoms with Crippen molar-refractivity contribution in [3.05, 3.63) is 23.0 Å². The highest BCUT2D eigenvalue weighted by Gasteiger charge is 2.40. The van der Waals surface area contributed by atoms with E-state index in [1.807, 2.05) is 0 Å². The van der Waals surface area contributed by atoms with Gasteiger partial charge in [-0.2, -0.15) is 13.2 Å². The first-order chi connectivity index (χ1) is 7.29. The van der Waals surface area contributed by atoms with Crippen LogP contribution < -0.4 is 0 Å². The largest absolute Gasteiger partial charge is 0.506 e. The summed E-state index contributed by atoms with van der Waals surface area (Å²) in [7, 11) is 0. The predicted octanol–water partition coefficient (Wildman–Crippen LogP) is 3.48. The van der Waals surface area contributed by atoms with Gasteiger partial charge in [-0.15, -0.1) is 11.6 Å². The van der Waals surface area contributed by atoms with E-state index in [0.29, 0.717) is 6.20 Å². The summed E-state index contributed by atoms with van der Waals surface area (Å²) in [5.74, 6) is -1.59. The third kappa shape index (κ3) is 2.34. The summed E-state index contributed by atoms with van der Waals surface area (Å²) in [6.07, 6.45) is -7.91. The standard InChI is InChI=1S/C8H5ClF5NO/c9-1-3-4(16)2-15-6(7(10)11)5(3)8(12,13)14/h2,7,16H,1H2. The highest BCUT2D eigenvalue weighted by atomic mass is 35.5. The van der Waals surface area contributed by atoms with Gasteiger partial charge in [0.2, 0.25) is 0 Å². The summed E-state index contributed by atoms with van der Waals surface area (Å²) in [4.78, 5) is 2.87. The Morgan fingerprint density at radius 3 is 2.31 bits per heavy atom. The van der Waals surface area contributed by atoms with Crippen LogP contribution in [0.1, 0.15) is 23.2 Å². The third-order valence-corrected chi connectivity index (χ3v) is 2.08. The van der Waals surface area contributed by atoms with Gasteiger partial charge < -0.3 is 5.11 Å². The quantitative estimate of drug-likeness (QED) is 0.653. The van der Waals surface area contributed by atoms with Crippen molar-refractivity contribution < 1.29 is 27.1 Å². The molecule has 0 aliphatic rings. The highest BCUT2D eigenvalue weighted by Crippen LogP contribution is 2.40. The number of hydrogen-bond acceptors (Lipinski definition) is 2. The Morgan fingerprint density at radius 1 is 1.38 bits per heavy atom. The molecular weight excluding hydrogens is 257 g/mol. The topological polar surface area (TPSA) is 33.1 Å². The molecule has 0 radical (unpaired) electrons. The van der Waals surface area contributed by atoms with Gasteiger partial charge in [0.25, 0.3) is 6.43 Å². The van der Waals surface area contributed by atoms with Crippen LogP contribution in [-0.4, -0.2) is 10.1 Å². The van der Waals surface area contributed by atoms with Gasteiger partial charge in [-0.05, 0) is 0 Å². The Morgan fingerprint density at radius 2 is 1.94 bits per heavy atom. The van der Waals surface area contributed by atoms with Gasteiger partial charge in [0.1, 0.15) is 11.4 Å². The van der Waals surface area contributed by atoms with Crippen LogP contribution in [0.3, 0.4) is 0 Å². The van der Waals surface area contributed by atoms with Crippen LogP contribution in [0, 0.1) is 0 Å². The molecule has 0 aromatic carbocycles. The van der Waals surface area contributed by atoms with E-state index >= 15 is 0 Å². The summed E-state index contributed by atoms with van der Waals surface area (Å²) >= 11 is 5.19. The molecule has 90 valence electrons. The van der Waals surface area contributed by atoms with Gasteiger partial charge in [0, 0.05) is 5.56 Å². The smallest absolute Gasteiger partial charge is 0.418 e. The van der Waals surface area contributed by atoms with E-state index in [-0.39, 0.29) is 0 Å². The Labute approximate surface area is 91.7 Å². The molecule has 1 rings (SSSR count). The number of aromatic nitrogens is 1. The fourth-order valence-corrected chi connectivity index (χ4v) is 1.44. The number of halogens is 6. The molecule has 0 aliphatic heterocycles. The molecule has 0 unspecified atom stereocenters. The Kier molecular flexibility index (Phi) is 3.57. The average Bonchev–Trinajstić information content (AvgIpc) is 2.15. The number of aromatic hydroxyl groups is 1. The fourth-order valence-electron chi connectivity index (χ4n) is 1.17. The summed E-state index contributed by atoms with van der Waals surface area (Å²) < 4.78 is 62.1. The molecule has 0 amide bonds. The van der Waals surface area contributed by atoms with Crippen molar-refractivity contribution in [2.24, 2.45) is 0 Å². The van der Waals surface area contributed by atoms with Gasteiger partial charge in [0.05, 0.1) is 17.6 Å². The predicted molar refractivity (Wildman–Crippen MR) is 45.4 cm³/mol. The zero-order chi connectivity index (χ0) is 12.5. The van der Waals surface area contributed by atoms with Crippen molar-refractivity contribution in [3.63, 3.8) is 0 Å². The maximum atomic E-state index is 12.5. The van der Waals surface area contributed by atoms with Gasteiger partial charge in [-0.3, -0.25) is 4.98 Å². The molecule has 0 bridgehead atoms. The fraction of sp³-hybridized carbons (Fsp3) is 0.375. The Balaban J connectivity index is 3.54. The van der Waals surface area contributed by atoms with Gasteiger partial charge in [0.15, 0.2) is 0 Å². The van der Waals surface area contributed by atoms with Crippen molar-refractivity contribution in [1.82, 2.24) is 4.98 Å². The lowest BCUT2D eigenvalue weighted by molar-refractivity contribution is -0.140.